The van der Waals surface area contributed by atoms with E-state index in [-0.39, 0.29) is 5.82 Å². The number of hydrogen-bond donors (Lipinski definition) is 1. The smallest absolute Gasteiger partial charge is 0.428 e. The van der Waals surface area contributed by atoms with Crippen LogP contribution in [0.15, 0.2) is 48.5 Å². The second-order valence-corrected chi connectivity index (χ2v) is 5.95. The minimum Gasteiger partial charge on any atom is -0.489 e. The summed E-state index contributed by atoms with van der Waals surface area (Å²) in [5, 5.41) is 0.976. The molecule has 6 heteroatoms. The van der Waals surface area contributed by atoms with E-state index in [1.165, 1.54) is 12.1 Å². The molecule has 26 heavy (non-hydrogen) atoms. The van der Waals surface area contributed by atoms with Crippen molar-refractivity contribution >= 4 is 11.8 Å². The molecule has 2 N–H and O–H groups in total. The number of hydrazine groups is 1. The van der Waals surface area contributed by atoms with Crippen LogP contribution in [0.5, 0.6) is 5.75 Å². The monoisotopic (exact) mass is 360 g/mol. The minimum absolute atomic E-state index is 0.279. The predicted molar refractivity (Wildman–Crippen MR) is 99.3 cm³/mol. The summed E-state index contributed by atoms with van der Waals surface area (Å²) in [5.41, 5.74) is 1.38. The number of nitrogens with zero attached hydrogens (tertiary/aromatic N) is 1. The molecule has 0 saturated heterocycles. The molecule has 2 rings (SSSR count). The van der Waals surface area contributed by atoms with Crippen molar-refractivity contribution in [1.82, 2.24) is 0 Å². The molecule has 0 spiro atoms. The molecule has 0 unspecified atom stereocenters. The van der Waals surface area contributed by atoms with E-state index in [2.05, 4.69) is 6.92 Å². The number of anilines is 1. The number of halogens is 1. The van der Waals surface area contributed by atoms with Crippen molar-refractivity contribution in [3.8, 4) is 5.75 Å². The summed E-state index contributed by atoms with van der Waals surface area (Å²) >= 11 is 0. The Hall–Kier alpha value is -2.60. The molecule has 0 aromatic heterocycles. The normalized spacial score (nSPS) is 10.4. The van der Waals surface area contributed by atoms with Gasteiger partial charge in [0.15, 0.2) is 0 Å². The lowest BCUT2D eigenvalue weighted by Crippen LogP contribution is -2.38. The number of unbranched alkanes of at least 4 members (excludes halogenated alkanes) is 3. The molecule has 140 valence electrons. The van der Waals surface area contributed by atoms with Crippen LogP contribution >= 0.6 is 0 Å². The first-order valence-electron chi connectivity index (χ1n) is 8.79. The van der Waals surface area contributed by atoms with Gasteiger partial charge >= 0.3 is 6.09 Å². The molecule has 1 amide bonds. The lowest BCUT2D eigenvalue weighted by atomic mass is 10.2. The fourth-order valence-electron chi connectivity index (χ4n) is 2.31. The first-order valence-corrected chi connectivity index (χ1v) is 8.79. The Morgan fingerprint density at radius 1 is 1.04 bits per heavy atom. The zero-order valence-electron chi connectivity index (χ0n) is 15.0. The molecule has 0 saturated carbocycles. The van der Waals surface area contributed by atoms with Crippen LogP contribution in [-0.2, 0) is 11.3 Å². The van der Waals surface area contributed by atoms with Crippen molar-refractivity contribution in [2.45, 2.75) is 39.2 Å². The van der Waals surface area contributed by atoms with E-state index in [0.717, 1.165) is 36.3 Å². The van der Waals surface area contributed by atoms with Crippen LogP contribution in [0.25, 0.3) is 0 Å². The zero-order valence-corrected chi connectivity index (χ0v) is 15.0. The third kappa shape index (κ3) is 6.37. The molecular formula is C20H25FN2O3. The number of benzene rings is 2. The molecule has 0 atom stereocenters. The highest BCUT2D eigenvalue weighted by atomic mass is 19.1. The summed E-state index contributed by atoms with van der Waals surface area (Å²) in [5.74, 6) is 6.14. The summed E-state index contributed by atoms with van der Waals surface area (Å²) in [4.78, 5) is 11.9. The molecule has 0 radical (unpaired) electrons. The fraction of sp³-hybridized carbons (Fsp3) is 0.350. The maximum Gasteiger partial charge on any atom is 0.428 e. The van der Waals surface area contributed by atoms with Gasteiger partial charge in [-0.25, -0.2) is 20.0 Å². The Balaban J connectivity index is 1.79. The van der Waals surface area contributed by atoms with E-state index in [4.69, 9.17) is 15.3 Å². The average molecular weight is 360 g/mol. The van der Waals surface area contributed by atoms with Gasteiger partial charge in [-0.2, -0.15) is 0 Å². The van der Waals surface area contributed by atoms with Gasteiger partial charge in [0, 0.05) is 0 Å². The molecule has 0 heterocycles. The van der Waals surface area contributed by atoms with Gasteiger partial charge < -0.3 is 9.47 Å². The number of amides is 1. The number of nitrogens with two attached hydrogens (primary N) is 1. The van der Waals surface area contributed by atoms with E-state index in [1.807, 2.05) is 0 Å². The average Bonchev–Trinajstić information content (AvgIpc) is 2.67. The van der Waals surface area contributed by atoms with Crippen LogP contribution in [0.3, 0.4) is 0 Å². The van der Waals surface area contributed by atoms with Crippen molar-refractivity contribution in [3.63, 3.8) is 0 Å². The van der Waals surface area contributed by atoms with Crippen LogP contribution in [0.4, 0.5) is 14.9 Å². The van der Waals surface area contributed by atoms with Crippen molar-refractivity contribution < 1.29 is 18.7 Å². The number of rotatable bonds is 9. The Morgan fingerprint density at radius 2 is 1.73 bits per heavy atom. The minimum atomic E-state index is -0.582. The van der Waals surface area contributed by atoms with Crippen molar-refractivity contribution in [2.75, 3.05) is 11.6 Å². The van der Waals surface area contributed by atoms with Crippen LogP contribution in [-0.4, -0.2) is 12.7 Å². The second kappa shape index (κ2) is 10.4. The fourth-order valence-corrected chi connectivity index (χ4v) is 2.31. The van der Waals surface area contributed by atoms with E-state index in [9.17, 15) is 9.18 Å². The van der Waals surface area contributed by atoms with Crippen LogP contribution in [0.1, 0.15) is 38.2 Å². The van der Waals surface area contributed by atoms with Crippen LogP contribution < -0.4 is 15.6 Å². The van der Waals surface area contributed by atoms with Crippen molar-refractivity contribution in [2.24, 2.45) is 5.84 Å². The van der Waals surface area contributed by atoms with Gasteiger partial charge in [0.1, 0.15) is 18.2 Å². The Bertz CT molecular complexity index is 674. The van der Waals surface area contributed by atoms with Gasteiger partial charge in [-0.3, -0.25) is 0 Å². The molecule has 0 fully saturated rings. The summed E-state index contributed by atoms with van der Waals surface area (Å²) in [6.07, 6.45) is 3.55. The van der Waals surface area contributed by atoms with E-state index >= 15 is 0 Å². The standard InChI is InChI=1S/C20H25FN2O3/c1-2-3-4-5-14-25-20(24)23(22)18-10-12-19(13-11-18)26-15-16-6-8-17(21)9-7-16/h6-13H,2-5,14-15,22H2,1H3. The first-order chi connectivity index (χ1) is 12.6. The molecule has 0 aliphatic heterocycles. The first kappa shape index (κ1) is 19.7. The van der Waals surface area contributed by atoms with Gasteiger partial charge in [-0.1, -0.05) is 38.3 Å². The number of carbonyl (C=O) groups is 1. The van der Waals surface area contributed by atoms with Crippen molar-refractivity contribution in [1.29, 1.82) is 0 Å². The molecule has 0 aliphatic carbocycles. The van der Waals surface area contributed by atoms with Gasteiger partial charge in [0.2, 0.25) is 0 Å². The third-order valence-corrected chi connectivity index (χ3v) is 3.85. The third-order valence-electron chi connectivity index (χ3n) is 3.85. The molecular weight excluding hydrogens is 335 g/mol. The van der Waals surface area contributed by atoms with Gasteiger partial charge in [-0.05, 0) is 48.4 Å². The van der Waals surface area contributed by atoms with E-state index < -0.39 is 6.09 Å². The lowest BCUT2D eigenvalue weighted by Gasteiger charge is -2.17. The Kier molecular flexibility index (Phi) is 7.89. The largest absolute Gasteiger partial charge is 0.489 e. The summed E-state index contributed by atoms with van der Waals surface area (Å²) in [6.45, 7) is 2.82. The van der Waals surface area contributed by atoms with Gasteiger partial charge in [0.25, 0.3) is 0 Å². The second-order valence-electron chi connectivity index (χ2n) is 5.95. The highest BCUT2D eigenvalue weighted by Crippen LogP contribution is 2.19. The molecule has 5 nitrogen and oxygen atoms in total. The maximum absolute atomic E-state index is 12.9. The zero-order chi connectivity index (χ0) is 18.8. The number of ether oxygens (including phenoxy) is 2. The topological polar surface area (TPSA) is 64.8 Å². The Morgan fingerprint density at radius 3 is 2.38 bits per heavy atom. The molecule has 0 aliphatic rings. The summed E-state index contributed by atoms with van der Waals surface area (Å²) < 4.78 is 23.7. The lowest BCUT2D eigenvalue weighted by molar-refractivity contribution is 0.151. The molecule has 2 aromatic carbocycles. The number of carbonyl (C=O) groups excluding carboxylic acids is 1. The highest BCUT2D eigenvalue weighted by molar-refractivity contribution is 5.86. The molecule has 0 bridgehead atoms. The SMILES string of the molecule is CCCCCCOC(=O)N(N)c1ccc(OCc2ccc(F)cc2)cc1. The van der Waals surface area contributed by atoms with Crippen LogP contribution in [0.2, 0.25) is 0 Å². The van der Waals surface area contributed by atoms with Gasteiger partial charge in [-0.15, -0.1) is 0 Å². The maximum atomic E-state index is 12.9. The summed E-state index contributed by atoms with van der Waals surface area (Å²) in [7, 11) is 0. The van der Waals surface area contributed by atoms with E-state index in [0.29, 0.717) is 24.7 Å². The Labute approximate surface area is 153 Å². The van der Waals surface area contributed by atoms with Crippen LogP contribution in [0, 0.1) is 5.82 Å². The quantitative estimate of drug-likeness (QED) is 0.302. The van der Waals surface area contributed by atoms with Gasteiger partial charge in [0.05, 0.1) is 12.3 Å². The highest BCUT2D eigenvalue weighted by Gasteiger charge is 2.13. The summed E-state index contributed by atoms with van der Waals surface area (Å²) in [6, 6.07) is 12.9. The predicted octanol–water partition coefficient (Wildman–Crippen LogP) is 4.80. The van der Waals surface area contributed by atoms with E-state index in [1.54, 1.807) is 36.4 Å². The molecule has 2 aromatic rings. The number of hydrogen-bond acceptors (Lipinski definition) is 4. The van der Waals surface area contributed by atoms with Crippen molar-refractivity contribution in [3.05, 3.63) is 59.9 Å².